The second-order valence-electron chi connectivity index (χ2n) is 3.31. The van der Waals surface area contributed by atoms with Gasteiger partial charge in [0.25, 0.3) is 0 Å². The van der Waals surface area contributed by atoms with Gasteiger partial charge < -0.3 is 4.74 Å². The van der Waals surface area contributed by atoms with Crippen molar-refractivity contribution >= 4 is 10.8 Å². The molecule has 0 amide bonds. The van der Waals surface area contributed by atoms with Gasteiger partial charge in [0.2, 0.25) is 0 Å². The average molecular weight is 196 g/mol. The minimum absolute atomic E-state index is 0.578. The number of ether oxygens (including phenoxy) is 1. The van der Waals surface area contributed by atoms with Crippen molar-refractivity contribution in [2.75, 3.05) is 6.61 Å². The van der Waals surface area contributed by atoms with E-state index < -0.39 is 0 Å². The highest BCUT2D eigenvalue weighted by molar-refractivity contribution is 5.83. The standard InChI is InChI=1S/C14H12O/c1-2-3-10-15-14-9-8-12-6-4-5-7-13(12)11-14/h1,4-9,11H,3,10H2. The summed E-state index contributed by atoms with van der Waals surface area (Å²) in [5, 5.41) is 2.41. The molecule has 0 unspecified atom stereocenters. The van der Waals surface area contributed by atoms with Crippen LogP contribution < -0.4 is 4.74 Å². The largest absolute Gasteiger partial charge is 0.493 e. The van der Waals surface area contributed by atoms with E-state index >= 15 is 0 Å². The molecule has 0 heterocycles. The van der Waals surface area contributed by atoms with E-state index in [1.54, 1.807) is 0 Å². The molecule has 0 fully saturated rings. The van der Waals surface area contributed by atoms with Crippen molar-refractivity contribution in [3.05, 3.63) is 42.5 Å². The normalized spacial score (nSPS) is 9.80. The number of hydrogen-bond acceptors (Lipinski definition) is 1. The zero-order valence-electron chi connectivity index (χ0n) is 8.44. The van der Waals surface area contributed by atoms with E-state index in [4.69, 9.17) is 11.2 Å². The number of fused-ring (bicyclic) bond motifs is 1. The van der Waals surface area contributed by atoms with Gasteiger partial charge in [-0.25, -0.2) is 0 Å². The van der Waals surface area contributed by atoms with Gasteiger partial charge in [-0.05, 0) is 22.9 Å². The lowest BCUT2D eigenvalue weighted by molar-refractivity contribution is 0.327. The maximum absolute atomic E-state index is 5.51. The van der Waals surface area contributed by atoms with Crippen LogP contribution >= 0.6 is 0 Å². The number of rotatable bonds is 3. The lowest BCUT2D eigenvalue weighted by atomic mass is 10.1. The highest BCUT2D eigenvalue weighted by Gasteiger charge is 1.95. The summed E-state index contributed by atoms with van der Waals surface area (Å²) in [6.07, 6.45) is 5.80. The van der Waals surface area contributed by atoms with Gasteiger partial charge in [0.15, 0.2) is 0 Å². The fourth-order valence-electron chi connectivity index (χ4n) is 1.48. The van der Waals surface area contributed by atoms with Gasteiger partial charge in [0.05, 0.1) is 6.61 Å². The van der Waals surface area contributed by atoms with Crippen LogP contribution in [0.4, 0.5) is 0 Å². The second kappa shape index (κ2) is 4.52. The molecule has 2 aromatic carbocycles. The van der Waals surface area contributed by atoms with E-state index in [1.165, 1.54) is 10.8 Å². The van der Waals surface area contributed by atoms with Crippen LogP contribution in [-0.2, 0) is 0 Å². The molecular formula is C14H12O. The van der Waals surface area contributed by atoms with E-state index in [9.17, 15) is 0 Å². The van der Waals surface area contributed by atoms with Crippen LogP contribution in [0.5, 0.6) is 5.75 Å². The number of terminal acetylenes is 1. The molecule has 2 rings (SSSR count). The molecule has 0 spiro atoms. The third-order valence-corrected chi connectivity index (χ3v) is 2.24. The van der Waals surface area contributed by atoms with Crippen molar-refractivity contribution in [3.63, 3.8) is 0 Å². The highest BCUT2D eigenvalue weighted by atomic mass is 16.5. The molecular weight excluding hydrogens is 184 g/mol. The van der Waals surface area contributed by atoms with Crippen molar-refractivity contribution in [1.82, 2.24) is 0 Å². The lowest BCUT2D eigenvalue weighted by Crippen LogP contribution is -1.95. The summed E-state index contributed by atoms with van der Waals surface area (Å²) in [5.74, 6) is 3.43. The Labute approximate surface area is 89.7 Å². The van der Waals surface area contributed by atoms with Crippen LogP contribution in [0.2, 0.25) is 0 Å². The maximum Gasteiger partial charge on any atom is 0.119 e. The Bertz CT molecular complexity index is 494. The van der Waals surface area contributed by atoms with Crippen LogP contribution in [0.15, 0.2) is 42.5 Å². The van der Waals surface area contributed by atoms with Crippen LogP contribution in [-0.4, -0.2) is 6.61 Å². The Morgan fingerprint density at radius 2 is 1.87 bits per heavy atom. The first-order valence-corrected chi connectivity index (χ1v) is 4.95. The van der Waals surface area contributed by atoms with Gasteiger partial charge >= 0.3 is 0 Å². The Kier molecular flexibility index (Phi) is 2.90. The predicted octanol–water partition coefficient (Wildman–Crippen LogP) is 3.24. The first kappa shape index (κ1) is 9.61. The first-order valence-electron chi connectivity index (χ1n) is 4.95. The van der Waals surface area contributed by atoms with Crippen molar-refractivity contribution in [2.45, 2.75) is 6.42 Å². The van der Waals surface area contributed by atoms with E-state index in [0.717, 1.165) is 5.75 Å². The topological polar surface area (TPSA) is 9.23 Å². The molecule has 0 bridgehead atoms. The molecule has 0 N–H and O–H groups in total. The minimum atomic E-state index is 0.578. The van der Waals surface area contributed by atoms with Gasteiger partial charge in [0.1, 0.15) is 5.75 Å². The lowest BCUT2D eigenvalue weighted by Gasteiger charge is -2.05. The molecule has 0 aliphatic carbocycles. The van der Waals surface area contributed by atoms with Crippen LogP contribution in [0.25, 0.3) is 10.8 Å². The molecule has 1 nitrogen and oxygen atoms in total. The fourth-order valence-corrected chi connectivity index (χ4v) is 1.48. The maximum atomic E-state index is 5.51. The fraction of sp³-hybridized carbons (Fsp3) is 0.143. The summed E-state index contributed by atoms with van der Waals surface area (Å²) in [5.41, 5.74) is 0. The summed E-state index contributed by atoms with van der Waals surface area (Å²) in [7, 11) is 0. The zero-order chi connectivity index (χ0) is 10.5. The Balaban J connectivity index is 2.20. The van der Waals surface area contributed by atoms with Crippen LogP contribution in [0.3, 0.4) is 0 Å². The second-order valence-corrected chi connectivity index (χ2v) is 3.31. The molecule has 0 atom stereocenters. The monoisotopic (exact) mass is 196 g/mol. The van der Waals surface area contributed by atoms with Gasteiger partial charge in [-0.1, -0.05) is 30.3 Å². The SMILES string of the molecule is C#CCCOc1ccc2ccccc2c1. The number of benzene rings is 2. The van der Waals surface area contributed by atoms with Gasteiger partial charge in [0, 0.05) is 6.42 Å². The van der Waals surface area contributed by atoms with Crippen LogP contribution in [0, 0.1) is 12.3 Å². The average Bonchev–Trinajstić information content (AvgIpc) is 2.29. The molecule has 0 saturated heterocycles. The molecule has 1 heteroatoms. The minimum Gasteiger partial charge on any atom is -0.493 e. The van der Waals surface area contributed by atoms with Gasteiger partial charge in [-0.3, -0.25) is 0 Å². The molecule has 0 aliphatic rings. The third-order valence-electron chi connectivity index (χ3n) is 2.24. The Hall–Kier alpha value is -1.94. The van der Waals surface area contributed by atoms with E-state index in [1.807, 2.05) is 24.3 Å². The Morgan fingerprint density at radius 1 is 1.07 bits per heavy atom. The molecule has 2 aromatic rings. The summed E-state index contributed by atoms with van der Waals surface area (Å²) < 4.78 is 5.51. The zero-order valence-corrected chi connectivity index (χ0v) is 8.44. The van der Waals surface area contributed by atoms with Crippen molar-refractivity contribution in [2.24, 2.45) is 0 Å². The molecule has 0 radical (unpaired) electrons. The molecule has 0 saturated carbocycles. The van der Waals surface area contributed by atoms with E-state index in [0.29, 0.717) is 13.0 Å². The smallest absolute Gasteiger partial charge is 0.119 e. The molecule has 0 aromatic heterocycles. The summed E-state index contributed by atoms with van der Waals surface area (Å²) in [6, 6.07) is 14.3. The van der Waals surface area contributed by atoms with Gasteiger partial charge in [-0.15, -0.1) is 12.3 Å². The number of hydrogen-bond donors (Lipinski definition) is 0. The van der Waals surface area contributed by atoms with E-state index in [-0.39, 0.29) is 0 Å². The quantitative estimate of drug-likeness (QED) is 0.541. The Morgan fingerprint density at radius 3 is 2.67 bits per heavy atom. The molecule has 74 valence electrons. The third kappa shape index (κ3) is 2.30. The van der Waals surface area contributed by atoms with Gasteiger partial charge in [-0.2, -0.15) is 0 Å². The van der Waals surface area contributed by atoms with E-state index in [2.05, 4.69) is 24.1 Å². The molecule has 0 aliphatic heterocycles. The summed E-state index contributed by atoms with van der Waals surface area (Å²) >= 11 is 0. The van der Waals surface area contributed by atoms with Crippen LogP contribution in [0.1, 0.15) is 6.42 Å². The highest BCUT2D eigenvalue weighted by Crippen LogP contribution is 2.20. The first-order chi connectivity index (χ1) is 7.40. The van der Waals surface area contributed by atoms with Crippen molar-refractivity contribution < 1.29 is 4.74 Å². The predicted molar refractivity (Wildman–Crippen MR) is 62.9 cm³/mol. The summed E-state index contributed by atoms with van der Waals surface area (Å²) in [4.78, 5) is 0. The van der Waals surface area contributed by atoms with Crippen molar-refractivity contribution in [1.29, 1.82) is 0 Å². The van der Waals surface area contributed by atoms with Crippen molar-refractivity contribution in [3.8, 4) is 18.1 Å². The summed E-state index contributed by atoms with van der Waals surface area (Å²) in [6.45, 7) is 0.578. The molecule has 15 heavy (non-hydrogen) atoms.